The molecule has 0 aromatic heterocycles. The van der Waals surface area contributed by atoms with E-state index in [0.717, 1.165) is 21.9 Å². The predicted octanol–water partition coefficient (Wildman–Crippen LogP) is 5.86. The first-order valence-electron chi connectivity index (χ1n) is 9.00. The van der Waals surface area contributed by atoms with Gasteiger partial charge in [-0.2, -0.15) is 13.2 Å². The zero-order valence-electron chi connectivity index (χ0n) is 14.9. The Hall–Kier alpha value is -3.02. The van der Waals surface area contributed by atoms with Gasteiger partial charge in [-0.1, -0.05) is 66.7 Å². The standard InChI is InChI=1S/C22H18F3NO2/c23-22(24,25)13-18-12-17-11-10-16-8-4-5-9-19(16)20(17)26(18)21(27)28-14-15-6-2-1-3-7-15/h1-11,18H,12-14H2. The van der Waals surface area contributed by atoms with Crippen LogP contribution < -0.4 is 4.90 Å². The SMILES string of the molecule is O=C(OCc1ccccc1)N1c2c(ccc3ccccc23)CC1CC(F)(F)F. The topological polar surface area (TPSA) is 29.5 Å². The second kappa shape index (κ2) is 7.19. The lowest BCUT2D eigenvalue weighted by Crippen LogP contribution is -2.40. The molecule has 144 valence electrons. The number of anilines is 1. The van der Waals surface area contributed by atoms with Crippen molar-refractivity contribution < 1.29 is 22.7 Å². The lowest BCUT2D eigenvalue weighted by molar-refractivity contribution is -0.137. The van der Waals surface area contributed by atoms with Gasteiger partial charge in [0.05, 0.1) is 18.2 Å². The molecule has 6 heteroatoms. The van der Waals surface area contributed by atoms with Crippen LogP contribution in [0.1, 0.15) is 17.5 Å². The Labute approximate surface area is 160 Å². The molecule has 1 aliphatic rings. The number of alkyl halides is 3. The van der Waals surface area contributed by atoms with Crippen molar-refractivity contribution in [2.24, 2.45) is 0 Å². The van der Waals surface area contributed by atoms with E-state index in [9.17, 15) is 18.0 Å². The smallest absolute Gasteiger partial charge is 0.414 e. The van der Waals surface area contributed by atoms with Crippen LogP contribution >= 0.6 is 0 Å². The molecule has 0 N–H and O–H groups in total. The van der Waals surface area contributed by atoms with Crippen LogP contribution in [0.4, 0.5) is 23.7 Å². The van der Waals surface area contributed by atoms with Crippen molar-refractivity contribution in [3.05, 3.63) is 77.9 Å². The molecule has 0 aliphatic carbocycles. The predicted molar refractivity (Wildman–Crippen MR) is 101 cm³/mol. The van der Waals surface area contributed by atoms with Gasteiger partial charge in [0, 0.05) is 5.39 Å². The molecule has 1 aliphatic heterocycles. The molecule has 0 fully saturated rings. The van der Waals surface area contributed by atoms with E-state index in [1.807, 2.05) is 48.5 Å². The van der Waals surface area contributed by atoms with E-state index in [4.69, 9.17) is 4.74 Å². The molecule has 1 atom stereocenters. The number of fused-ring (bicyclic) bond motifs is 3. The van der Waals surface area contributed by atoms with Crippen LogP contribution in [0.25, 0.3) is 10.8 Å². The van der Waals surface area contributed by atoms with E-state index >= 15 is 0 Å². The summed E-state index contributed by atoms with van der Waals surface area (Å²) in [5.41, 5.74) is 2.02. The molecule has 0 radical (unpaired) electrons. The van der Waals surface area contributed by atoms with Crippen LogP contribution in [-0.2, 0) is 17.8 Å². The quantitative estimate of drug-likeness (QED) is 0.565. The monoisotopic (exact) mass is 385 g/mol. The summed E-state index contributed by atoms with van der Waals surface area (Å²) in [5, 5.41) is 1.62. The third kappa shape index (κ3) is 3.67. The molecule has 3 nitrogen and oxygen atoms in total. The molecule has 0 saturated carbocycles. The summed E-state index contributed by atoms with van der Waals surface area (Å²) in [6.45, 7) is 0.00894. The highest BCUT2D eigenvalue weighted by Gasteiger charge is 2.42. The Morgan fingerprint density at radius 1 is 1.00 bits per heavy atom. The second-order valence-electron chi connectivity index (χ2n) is 6.88. The summed E-state index contributed by atoms with van der Waals surface area (Å²) in [6, 6.07) is 19.1. The van der Waals surface area contributed by atoms with E-state index in [0.29, 0.717) is 5.69 Å². The van der Waals surface area contributed by atoms with Crippen molar-refractivity contribution in [1.29, 1.82) is 0 Å². The second-order valence-corrected chi connectivity index (χ2v) is 6.88. The third-order valence-corrected chi connectivity index (χ3v) is 4.91. The first-order valence-corrected chi connectivity index (χ1v) is 9.00. The number of hydrogen-bond acceptors (Lipinski definition) is 2. The fourth-order valence-corrected chi connectivity index (χ4v) is 3.74. The number of hydrogen-bond donors (Lipinski definition) is 0. The average Bonchev–Trinajstić information content (AvgIpc) is 3.03. The van der Waals surface area contributed by atoms with Crippen molar-refractivity contribution in [3.63, 3.8) is 0 Å². The summed E-state index contributed by atoms with van der Waals surface area (Å²) in [4.78, 5) is 14.0. The fourth-order valence-electron chi connectivity index (χ4n) is 3.74. The van der Waals surface area contributed by atoms with Crippen molar-refractivity contribution in [2.75, 3.05) is 4.90 Å². The summed E-state index contributed by atoms with van der Waals surface area (Å²) in [5.74, 6) is 0. The number of amides is 1. The molecule has 0 saturated heterocycles. The normalized spacial score (nSPS) is 16.2. The van der Waals surface area contributed by atoms with Crippen molar-refractivity contribution in [1.82, 2.24) is 0 Å². The number of benzene rings is 3. The summed E-state index contributed by atoms with van der Waals surface area (Å²) < 4.78 is 44.8. The Bertz CT molecular complexity index is 1000. The van der Waals surface area contributed by atoms with Gasteiger partial charge >= 0.3 is 12.3 Å². The molecule has 0 spiro atoms. The van der Waals surface area contributed by atoms with Crippen LogP contribution in [-0.4, -0.2) is 18.3 Å². The minimum atomic E-state index is -4.37. The van der Waals surface area contributed by atoms with E-state index in [-0.39, 0.29) is 13.0 Å². The number of nitrogens with zero attached hydrogens (tertiary/aromatic N) is 1. The van der Waals surface area contributed by atoms with Gasteiger partial charge in [0.15, 0.2) is 0 Å². The minimum absolute atomic E-state index is 0.00894. The molecule has 1 heterocycles. The fraction of sp³-hybridized carbons (Fsp3) is 0.227. The average molecular weight is 385 g/mol. The van der Waals surface area contributed by atoms with Crippen molar-refractivity contribution in [3.8, 4) is 0 Å². The van der Waals surface area contributed by atoms with E-state index < -0.39 is 24.7 Å². The summed E-state index contributed by atoms with van der Waals surface area (Å²) in [6.07, 6.45) is -6.05. The highest BCUT2D eigenvalue weighted by atomic mass is 19.4. The highest BCUT2D eigenvalue weighted by Crippen LogP contribution is 2.42. The lowest BCUT2D eigenvalue weighted by Gasteiger charge is -2.26. The Balaban J connectivity index is 1.68. The number of ether oxygens (including phenoxy) is 1. The summed E-state index contributed by atoms with van der Waals surface area (Å²) in [7, 11) is 0. The van der Waals surface area contributed by atoms with Gasteiger partial charge in [-0.05, 0) is 22.9 Å². The summed E-state index contributed by atoms with van der Waals surface area (Å²) >= 11 is 0. The zero-order chi connectivity index (χ0) is 19.7. The van der Waals surface area contributed by atoms with E-state index in [2.05, 4.69) is 0 Å². The molecule has 1 unspecified atom stereocenters. The third-order valence-electron chi connectivity index (χ3n) is 4.91. The molecular weight excluding hydrogens is 367 g/mol. The van der Waals surface area contributed by atoms with Gasteiger partial charge < -0.3 is 4.74 Å². The van der Waals surface area contributed by atoms with Crippen LogP contribution in [0.15, 0.2) is 66.7 Å². The molecule has 3 aromatic rings. The number of halogens is 3. The molecule has 3 aromatic carbocycles. The zero-order valence-corrected chi connectivity index (χ0v) is 14.9. The van der Waals surface area contributed by atoms with Crippen LogP contribution in [0.3, 0.4) is 0 Å². The molecule has 4 rings (SSSR count). The molecule has 0 bridgehead atoms. The van der Waals surface area contributed by atoms with Crippen molar-refractivity contribution in [2.45, 2.75) is 31.7 Å². The van der Waals surface area contributed by atoms with E-state index in [1.165, 1.54) is 4.90 Å². The minimum Gasteiger partial charge on any atom is -0.444 e. The maximum absolute atomic E-state index is 13.2. The van der Waals surface area contributed by atoms with Gasteiger partial charge in [-0.15, -0.1) is 0 Å². The number of rotatable bonds is 3. The Kier molecular flexibility index (Phi) is 4.71. The maximum Gasteiger partial charge on any atom is 0.414 e. The highest BCUT2D eigenvalue weighted by molar-refractivity contribution is 6.04. The molecule has 1 amide bonds. The van der Waals surface area contributed by atoms with Gasteiger partial charge in [-0.25, -0.2) is 4.79 Å². The van der Waals surface area contributed by atoms with Gasteiger partial charge in [0.1, 0.15) is 6.61 Å². The van der Waals surface area contributed by atoms with Crippen LogP contribution in [0.5, 0.6) is 0 Å². The Morgan fingerprint density at radius 3 is 2.46 bits per heavy atom. The van der Waals surface area contributed by atoms with Crippen LogP contribution in [0.2, 0.25) is 0 Å². The van der Waals surface area contributed by atoms with E-state index in [1.54, 1.807) is 18.2 Å². The number of carbonyl (C=O) groups is 1. The van der Waals surface area contributed by atoms with Gasteiger partial charge in [0.2, 0.25) is 0 Å². The largest absolute Gasteiger partial charge is 0.444 e. The van der Waals surface area contributed by atoms with Gasteiger partial charge in [-0.3, -0.25) is 4.90 Å². The lowest BCUT2D eigenvalue weighted by atomic mass is 10.0. The van der Waals surface area contributed by atoms with Gasteiger partial charge in [0.25, 0.3) is 0 Å². The molecule has 28 heavy (non-hydrogen) atoms. The number of carbonyl (C=O) groups excluding carboxylic acids is 1. The maximum atomic E-state index is 13.2. The first-order chi connectivity index (χ1) is 13.4. The Morgan fingerprint density at radius 2 is 1.71 bits per heavy atom. The van der Waals surface area contributed by atoms with Crippen LogP contribution in [0, 0.1) is 0 Å². The van der Waals surface area contributed by atoms with Crippen molar-refractivity contribution >= 4 is 22.6 Å². The molecular formula is C22H18F3NO2. The first kappa shape index (κ1) is 18.3.